The molecule has 1 N–H and O–H groups in total. The quantitative estimate of drug-likeness (QED) is 0.484. The van der Waals surface area contributed by atoms with Gasteiger partial charge in [0.15, 0.2) is 0 Å². The van der Waals surface area contributed by atoms with E-state index in [0.29, 0.717) is 5.69 Å². The minimum Gasteiger partial charge on any atom is -0.618 e. The van der Waals surface area contributed by atoms with E-state index >= 15 is 0 Å². The first-order valence-corrected chi connectivity index (χ1v) is 12.0. The van der Waals surface area contributed by atoms with Crippen LogP contribution < -0.4 is 10.1 Å². The van der Waals surface area contributed by atoms with E-state index in [-0.39, 0.29) is 11.8 Å². The highest BCUT2D eigenvalue weighted by molar-refractivity contribution is 6.30. The Hall–Kier alpha value is -3.02. The first-order valence-electron chi connectivity index (χ1n) is 12.0. The third kappa shape index (κ3) is 1.99. The van der Waals surface area contributed by atoms with Crippen molar-refractivity contribution < 1.29 is 14.3 Å². The number of piperazine rings is 1. The molecule has 6 heteroatoms. The third-order valence-corrected chi connectivity index (χ3v) is 9.22. The molecule has 0 saturated carbocycles. The number of hydrogen-bond donors (Lipinski definition) is 1. The normalized spacial score (nSPS) is 38.5. The zero-order valence-electron chi connectivity index (χ0n) is 19.8. The summed E-state index contributed by atoms with van der Waals surface area (Å²) in [4.78, 5) is 15.7. The predicted molar refractivity (Wildman–Crippen MR) is 127 cm³/mol. The largest absolute Gasteiger partial charge is 0.618 e. The van der Waals surface area contributed by atoms with Gasteiger partial charge in [-0.2, -0.15) is 4.74 Å². The summed E-state index contributed by atoms with van der Waals surface area (Å²) in [6, 6.07) is 3.98. The van der Waals surface area contributed by atoms with Crippen LogP contribution in [0.4, 0.5) is 5.69 Å². The van der Waals surface area contributed by atoms with Gasteiger partial charge in [0, 0.05) is 18.2 Å². The van der Waals surface area contributed by atoms with Crippen LogP contribution in [0.5, 0.6) is 5.75 Å². The number of carbonyl (C=O) groups is 1. The molecule has 170 valence electrons. The lowest BCUT2D eigenvalue weighted by Crippen LogP contribution is -2.70. The molecular formula is C27H29N3O3. The summed E-state index contributed by atoms with van der Waals surface area (Å²) in [7, 11) is 0. The molecule has 6 nitrogen and oxygen atoms in total. The Balaban J connectivity index is 1.48. The summed E-state index contributed by atoms with van der Waals surface area (Å²) in [5, 5.41) is 17.4. The van der Waals surface area contributed by atoms with E-state index in [9.17, 15) is 10.0 Å². The Morgan fingerprint density at radius 3 is 2.79 bits per heavy atom. The van der Waals surface area contributed by atoms with Crippen LogP contribution in [0.25, 0.3) is 11.6 Å². The SMILES string of the molecule is C[C@H]1C2(C)C=C3N4CCCC4(C)C(=O)N[C@@]31C=C1C2=[N+]([O-])c2c1ccc1c2C=CC(C)(C)O1. The second-order valence-electron chi connectivity index (χ2n) is 11.5. The fourth-order valence-corrected chi connectivity index (χ4v) is 7.22. The van der Waals surface area contributed by atoms with Gasteiger partial charge in [0.05, 0.1) is 22.1 Å². The first-order chi connectivity index (χ1) is 15.5. The Morgan fingerprint density at radius 2 is 2.00 bits per heavy atom. The monoisotopic (exact) mass is 443 g/mol. The molecule has 2 saturated heterocycles. The van der Waals surface area contributed by atoms with Gasteiger partial charge in [-0.3, -0.25) is 4.79 Å². The lowest BCUT2D eigenvalue weighted by molar-refractivity contribution is -0.361. The molecule has 2 fully saturated rings. The Morgan fingerprint density at radius 1 is 1.21 bits per heavy atom. The zero-order chi connectivity index (χ0) is 23.1. The van der Waals surface area contributed by atoms with Gasteiger partial charge < -0.3 is 20.2 Å². The van der Waals surface area contributed by atoms with E-state index in [1.807, 2.05) is 38.1 Å². The second-order valence-corrected chi connectivity index (χ2v) is 11.5. The molecule has 2 unspecified atom stereocenters. The lowest BCUT2D eigenvalue weighted by Gasteiger charge is -2.52. The topological polar surface area (TPSA) is 67.6 Å². The number of allylic oxidation sites excluding steroid dienone is 2. The molecule has 0 aromatic heterocycles. The average molecular weight is 444 g/mol. The molecule has 33 heavy (non-hydrogen) atoms. The van der Waals surface area contributed by atoms with Gasteiger partial charge in [0.25, 0.3) is 0 Å². The van der Waals surface area contributed by atoms with Crippen molar-refractivity contribution in [1.29, 1.82) is 0 Å². The number of rotatable bonds is 0. The first kappa shape index (κ1) is 19.4. The number of ether oxygens (including phenoxy) is 1. The van der Waals surface area contributed by atoms with Gasteiger partial charge in [-0.05, 0) is 77.0 Å². The minimum absolute atomic E-state index is 0.0279. The molecule has 1 spiro atoms. The minimum atomic E-state index is -0.596. The summed E-state index contributed by atoms with van der Waals surface area (Å²) >= 11 is 0. The Bertz CT molecular complexity index is 1320. The maximum absolute atomic E-state index is 14.0. The smallest absolute Gasteiger partial charge is 0.246 e. The molecule has 1 amide bonds. The van der Waals surface area contributed by atoms with Crippen molar-refractivity contribution in [3.05, 3.63) is 52.4 Å². The van der Waals surface area contributed by atoms with Gasteiger partial charge >= 0.3 is 0 Å². The van der Waals surface area contributed by atoms with Crippen molar-refractivity contribution in [2.24, 2.45) is 11.3 Å². The van der Waals surface area contributed by atoms with Crippen LogP contribution in [0.2, 0.25) is 0 Å². The van der Waals surface area contributed by atoms with Crippen LogP contribution in [0, 0.1) is 16.5 Å². The Kier molecular flexibility index (Phi) is 3.17. The van der Waals surface area contributed by atoms with Gasteiger partial charge in [0.1, 0.15) is 22.4 Å². The highest BCUT2D eigenvalue weighted by atomic mass is 16.5. The van der Waals surface area contributed by atoms with Crippen LogP contribution in [-0.4, -0.2) is 44.5 Å². The van der Waals surface area contributed by atoms with Crippen molar-refractivity contribution in [2.45, 2.75) is 64.1 Å². The van der Waals surface area contributed by atoms with Crippen LogP contribution in [0.1, 0.15) is 58.6 Å². The number of amides is 1. The maximum Gasteiger partial charge on any atom is 0.246 e. The molecule has 2 aliphatic carbocycles. The summed E-state index contributed by atoms with van der Waals surface area (Å²) in [6.07, 6.45) is 10.3. The van der Waals surface area contributed by atoms with Crippen molar-refractivity contribution in [3.8, 4) is 5.75 Å². The molecule has 2 bridgehead atoms. The molecule has 4 aliphatic heterocycles. The van der Waals surface area contributed by atoms with E-state index < -0.39 is 22.1 Å². The molecule has 0 radical (unpaired) electrons. The molecular weight excluding hydrogens is 414 g/mol. The van der Waals surface area contributed by atoms with E-state index in [4.69, 9.17) is 4.74 Å². The van der Waals surface area contributed by atoms with Crippen LogP contribution in [0.3, 0.4) is 0 Å². The van der Waals surface area contributed by atoms with Crippen molar-refractivity contribution in [1.82, 2.24) is 10.2 Å². The number of carbonyl (C=O) groups excluding carboxylic acids is 1. The standard InChI is InChI=1S/C27H29N3O3/c1-15-25(4)14-20-27(15,28-23(31)26(5)10-6-12-29(20)26)13-18-16-7-8-19-17(9-11-24(2,3)33-19)21(16)30(32)22(18)25/h7-9,11,13-15H,6,10,12H2,1-5H3,(H,28,31)/t15-,25?,26?,27+/m0/s1. The number of fused-ring (bicyclic) bond motifs is 9. The van der Waals surface area contributed by atoms with Crippen molar-refractivity contribution in [2.75, 3.05) is 6.54 Å². The van der Waals surface area contributed by atoms with Crippen LogP contribution in [-0.2, 0) is 4.79 Å². The summed E-state index contributed by atoms with van der Waals surface area (Å²) in [6.45, 7) is 11.3. The highest BCUT2D eigenvalue weighted by Gasteiger charge is 2.68. The number of benzene rings is 1. The molecule has 1 aromatic rings. The van der Waals surface area contributed by atoms with E-state index in [1.165, 1.54) is 0 Å². The van der Waals surface area contributed by atoms with Gasteiger partial charge in [-0.1, -0.05) is 6.92 Å². The van der Waals surface area contributed by atoms with Gasteiger partial charge in [-0.25, -0.2) is 0 Å². The third-order valence-electron chi connectivity index (χ3n) is 9.22. The van der Waals surface area contributed by atoms with E-state index in [0.717, 1.165) is 58.0 Å². The number of nitrogens with one attached hydrogen (secondary N) is 1. The van der Waals surface area contributed by atoms with Gasteiger partial charge in [0.2, 0.25) is 17.3 Å². The van der Waals surface area contributed by atoms with Crippen molar-refractivity contribution in [3.63, 3.8) is 0 Å². The maximum atomic E-state index is 14.0. The predicted octanol–water partition coefficient (Wildman–Crippen LogP) is 4.13. The van der Waals surface area contributed by atoms with Crippen LogP contribution in [0.15, 0.2) is 36.1 Å². The van der Waals surface area contributed by atoms with Crippen molar-refractivity contribution >= 4 is 29.0 Å². The highest BCUT2D eigenvalue weighted by Crippen LogP contribution is 2.62. The molecule has 6 aliphatic rings. The summed E-state index contributed by atoms with van der Waals surface area (Å²) in [5.41, 5.74) is 3.28. The molecule has 1 aromatic carbocycles. The summed E-state index contributed by atoms with van der Waals surface area (Å²) in [5.74, 6) is 0.855. The number of hydrogen-bond acceptors (Lipinski definition) is 4. The second kappa shape index (κ2) is 5.37. The average Bonchev–Trinajstić information content (AvgIpc) is 3.31. The molecule has 4 heterocycles. The Labute approximate surface area is 193 Å². The fraction of sp³-hybridized carbons (Fsp3) is 0.481. The van der Waals surface area contributed by atoms with Crippen LogP contribution >= 0.6 is 0 Å². The lowest BCUT2D eigenvalue weighted by atomic mass is 9.63. The fourth-order valence-electron chi connectivity index (χ4n) is 7.22. The molecule has 7 rings (SSSR count). The number of nitrogens with zero attached hydrogens (tertiary/aromatic N) is 2. The summed E-state index contributed by atoms with van der Waals surface area (Å²) < 4.78 is 7.29. The molecule has 4 atom stereocenters. The zero-order valence-corrected chi connectivity index (χ0v) is 19.8. The van der Waals surface area contributed by atoms with E-state index in [2.05, 4.69) is 43.1 Å². The van der Waals surface area contributed by atoms with Gasteiger partial charge in [-0.15, -0.1) is 0 Å². The van der Waals surface area contributed by atoms with E-state index in [1.54, 1.807) is 0 Å².